The first-order chi connectivity index (χ1) is 11.6. The summed E-state index contributed by atoms with van der Waals surface area (Å²) in [4.78, 5) is 4.35. The maximum Gasteiger partial charge on any atom is 0.188 e. The summed E-state index contributed by atoms with van der Waals surface area (Å²) in [6, 6.07) is 13.9. The molecule has 0 saturated heterocycles. The van der Waals surface area contributed by atoms with Gasteiger partial charge >= 0.3 is 0 Å². The van der Waals surface area contributed by atoms with Gasteiger partial charge in [0.2, 0.25) is 0 Å². The van der Waals surface area contributed by atoms with E-state index in [0.29, 0.717) is 19.0 Å². The zero-order chi connectivity index (χ0) is 17.4. The Hall–Kier alpha value is -1.48. The fourth-order valence-corrected chi connectivity index (χ4v) is 2.69. The Balaban J connectivity index is 0.00000312. The normalized spacial score (nSPS) is 10.8. The summed E-state index contributed by atoms with van der Waals surface area (Å²) in [5.41, 5.74) is 8.15. The van der Waals surface area contributed by atoms with E-state index in [0.717, 1.165) is 33.5 Å². The highest BCUT2D eigenvalue weighted by molar-refractivity contribution is 14.0. The Morgan fingerprint density at radius 3 is 2.52 bits per heavy atom. The standard InChI is InChI=1S/C18H22BrN3O2.HI/c1-23-16-7-6-13(11-17(16)24-2)8-9-21-18(20)22-12-14-4-3-5-15(19)10-14;/h3-7,10-11H,8-9,12H2,1-2H3,(H3,20,21,22);1H. The van der Waals surface area contributed by atoms with E-state index in [1.807, 2.05) is 42.5 Å². The van der Waals surface area contributed by atoms with E-state index in [9.17, 15) is 0 Å². The molecule has 2 aromatic carbocycles. The van der Waals surface area contributed by atoms with Crippen molar-refractivity contribution in [1.82, 2.24) is 5.32 Å². The summed E-state index contributed by atoms with van der Waals surface area (Å²) in [6.45, 7) is 1.25. The molecule has 0 amide bonds. The molecule has 2 aromatic rings. The molecule has 5 nitrogen and oxygen atoms in total. The largest absolute Gasteiger partial charge is 0.493 e. The van der Waals surface area contributed by atoms with Crippen molar-refractivity contribution in [3.8, 4) is 11.5 Å². The molecule has 0 fully saturated rings. The van der Waals surface area contributed by atoms with Crippen molar-refractivity contribution < 1.29 is 9.47 Å². The van der Waals surface area contributed by atoms with Gasteiger partial charge in [0.1, 0.15) is 0 Å². The maximum atomic E-state index is 5.91. The molecule has 0 aliphatic carbocycles. The van der Waals surface area contributed by atoms with E-state index in [2.05, 4.69) is 26.2 Å². The molecular weight excluding hydrogens is 497 g/mol. The minimum Gasteiger partial charge on any atom is -0.493 e. The second kappa shape index (κ2) is 11.2. The Morgan fingerprint density at radius 2 is 1.84 bits per heavy atom. The molecule has 0 radical (unpaired) electrons. The number of halogens is 2. The number of benzene rings is 2. The molecule has 0 saturated carbocycles. The van der Waals surface area contributed by atoms with Gasteiger partial charge in [-0.25, -0.2) is 4.99 Å². The van der Waals surface area contributed by atoms with E-state index in [4.69, 9.17) is 15.2 Å². The lowest BCUT2D eigenvalue weighted by Crippen LogP contribution is -2.33. The van der Waals surface area contributed by atoms with Gasteiger partial charge in [-0.05, 0) is 41.8 Å². The van der Waals surface area contributed by atoms with Gasteiger partial charge in [0.15, 0.2) is 17.5 Å². The molecule has 25 heavy (non-hydrogen) atoms. The van der Waals surface area contributed by atoms with Crippen LogP contribution in [0.5, 0.6) is 11.5 Å². The van der Waals surface area contributed by atoms with Gasteiger partial charge in [-0.3, -0.25) is 0 Å². The third-order valence-electron chi connectivity index (χ3n) is 3.49. The lowest BCUT2D eigenvalue weighted by molar-refractivity contribution is 0.354. The van der Waals surface area contributed by atoms with E-state index < -0.39 is 0 Å². The zero-order valence-corrected chi connectivity index (χ0v) is 18.2. The fourth-order valence-electron chi connectivity index (χ4n) is 2.24. The average Bonchev–Trinajstić information content (AvgIpc) is 2.60. The van der Waals surface area contributed by atoms with Gasteiger partial charge in [-0.2, -0.15) is 0 Å². The quantitative estimate of drug-likeness (QED) is 0.332. The van der Waals surface area contributed by atoms with Crippen LogP contribution >= 0.6 is 39.9 Å². The van der Waals surface area contributed by atoms with Crippen LogP contribution < -0.4 is 20.5 Å². The van der Waals surface area contributed by atoms with Gasteiger partial charge in [-0.15, -0.1) is 24.0 Å². The zero-order valence-electron chi connectivity index (χ0n) is 14.3. The molecule has 0 heterocycles. The number of hydrogen-bond donors (Lipinski definition) is 2. The highest BCUT2D eigenvalue weighted by atomic mass is 127. The molecule has 0 atom stereocenters. The first-order valence-corrected chi connectivity index (χ1v) is 8.41. The van der Waals surface area contributed by atoms with Crippen LogP contribution in [0, 0.1) is 0 Å². The lowest BCUT2D eigenvalue weighted by atomic mass is 10.1. The van der Waals surface area contributed by atoms with Crippen LogP contribution in [-0.4, -0.2) is 26.7 Å². The minimum absolute atomic E-state index is 0. The third kappa shape index (κ3) is 7.11. The highest BCUT2D eigenvalue weighted by Gasteiger charge is 2.04. The topological polar surface area (TPSA) is 68.9 Å². The molecule has 0 bridgehead atoms. The first-order valence-electron chi connectivity index (χ1n) is 7.61. The second-order valence-corrected chi connectivity index (χ2v) is 6.11. The Bertz CT molecular complexity index is 710. The average molecular weight is 520 g/mol. The molecule has 0 unspecified atom stereocenters. The van der Waals surface area contributed by atoms with Crippen molar-refractivity contribution in [2.45, 2.75) is 13.0 Å². The van der Waals surface area contributed by atoms with Crippen molar-refractivity contribution in [3.63, 3.8) is 0 Å². The van der Waals surface area contributed by atoms with Crippen LogP contribution in [0.1, 0.15) is 11.1 Å². The van der Waals surface area contributed by atoms with Gasteiger partial charge < -0.3 is 20.5 Å². The number of guanidine groups is 1. The highest BCUT2D eigenvalue weighted by Crippen LogP contribution is 2.27. The van der Waals surface area contributed by atoms with Crippen LogP contribution in [0.3, 0.4) is 0 Å². The number of methoxy groups -OCH3 is 2. The predicted molar refractivity (Wildman–Crippen MR) is 116 cm³/mol. The minimum atomic E-state index is 0. The number of nitrogens with two attached hydrogens (primary N) is 1. The maximum absolute atomic E-state index is 5.91. The number of nitrogens with one attached hydrogen (secondary N) is 1. The number of nitrogens with zero attached hydrogens (tertiary/aromatic N) is 1. The van der Waals surface area contributed by atoms with E-state index >= 15 is 0 Å². The smallest absolute Gasteiger partial charge is 0.188 e. The summed E-state index contributed by atoms with van der Waals surface area (Å²) in [5.74, 6) is 1.89. The van der Waals surface area contributed by atoms with E-state index in [1.165, 1.54) is 0 Å². The Kier molecular flexibility index (Phi) is 9.66. The van der Waals surface area contributed by atoms with Crippen LogP contribution in [-0.2, 0) is 13.0 Å². The number of hydrogen-bond acceptors (Lipinski definition) is 3. The van der Waals surface area contributed by atoms with E-state index in [1.54, 1.807) is 14.2 Å². The van der Waals surface area contributed by atoms with Crippen molar-refractivity contribution in [3.05, 3.63) is 58.1 Å². The van der Waals surface area contributed by atoms with Crippen molar-refractivity contribution in [1.29, 1.82) is 0 Å². The van der Waals surface area contributed by atoms with Crippen molar-refractivity contribution in [2.24, 2.45) is 10.7 Å². The molecule has 0 aliphatic rings. The SMILES string of the molecule is COc1ccc(CCNC(N)=NCc2cccc(Br)c2)cc1OC.I. The molecule has 0 aromatic heterocycles. The molecular formula is C18H23BrIN3O2. The van der Waals surface area contributed by atoms with Crippen molar-refractivity contribution in [2.75, 3.05) is 20.8 Å². The van der Waals surface area contributed by atoms with E-state index in [-0.39, 0.29) is 24.0 Å². The number of ether oxygens (including phenoxy) is 2. The van der Waals surface area contributed by atoms with Crippen LogP contribution in [0.4, 0.5) is 0 Å². The molecule has 0 spiro atoms. The molecule has 2 rings (SSSR count). The van der Waals surface area contributed by atoms with Gasteiger partial charge in [0.05, 0.1) is 20.8 Å². The Morgan fingerprint density at radius 1 is 1.08 bits per heavy atom. The molecule has 0 aliphatic heterocycles. The predicted octanol–water partition coefficient (Wildman–Crippen LogP) is 3.73. The number of rotatable bonds is 7. The first kappa shape index (κ1) is 21.6. The molecule has 136 valence electrons. The Labute approximate surface area is 174 Å². The van der Waals surface area contributed by atoms with Gasteiger partial charge in [0, 0.05) is 11.0 Å². The molecule has 7 heteroatoms. The summed E-state index contributed by atoms with van der Waals surface area (Å²) in [6.07, 6.45) is 0.813. The van der Waals surface area contributed by atoms with Crippen molar-refractivity contribution >= 4 is 45.9 Å². The number of aliphatic imine (C=N–C) groups is 1. The summed E-state index contributed by atoms with van der Waals surface area (Å²) >= 11 is 3.44. The van der Waals surface area contributed by atoms with Crippen LogP contribution in [0.2, 0.25) is 0 Å². The fraction of sp³-hybridized carbons (Fsp3) is 0.278. The van der Waals surface area contributed by atoms with Gasteiger partial charge in [-0.1, -0.05) is 34.1 Å². The monoisotopic (exact) mass is 519 g/mol. The summed E-state index contributed by atoms with van der Waals surface area (Å²) < 4.78 is 11.6. The van der Waals surface area contributed by atoms with Crippen LogP contribution in [0.15, 0.2) is 51.9 Å². The lowest BCUT2D eigenvalue weighted by Gasteiger charge is -2.10. The second-order valence-electron chi connectivity index (χ2n) is 5.20. The third-order valence-corrected chi connectivity index (χ3v) is 3.98. The molecule has 3 N–H and O–H groups in total. The summed E-state index contributed by atoms with van der Waals surface area (Å²) in [7, 11) is 3.26. The van der Waals surface area contributed by atoms with Crippen LogP contribution in [0.25, 0.3) is 0 Å². The summed E-state index contributed by atoms with van der Waals surface area (Å²) in [5, 5.41) is 3.13. The van der Waals surface area contributed by atoms with Gasteiger partial charge in [0.25, 0.3) is 0 Å².